The van der Waals surface area contributed by atoms with E-state index in [0.717, 1.165) is 37.7 Å². The second-order valence-corrected chi connectivity index (χ2v) is 5.75. The molecule has 4 unspecified atom stereocenters. The van der Waals surface area contributed by atoms with E-state index in [1.165, 1.54) is 0 Å². The van der Waals surface area contributed by atoms with E-state index in [1.54, 1.807) is 0 Å². The molecule has 1 fully saturated rings. The van der Waals surface area contributed by atoms with E-state index in [2.05, 4.69) is 26.8 Å². The number of carbonyl (C=O) groups excluding carboxylic acids is 1. The highest BCUT2D eigenvalue weighted by molar-refractivity contribution is 5.91. The Bertz CT molecular complexity index is 374. The van der Waals surface area contributed by atoms with Crippen LogP contribution in [0, 0.1) is 5.92 Å². The average molecular weight is 266 g/mol. The first-order valence-corrected chi connectivity index (χ1v) is 7.69. The number of hydrogen-bond acceptors (Lipinski definition) is 3. The van der Waals surface area contributed by atoms with Gasteiger partial charge in [-0.2, -0.15) is 0 Å². The van der Waals surface area contributed by atoms with Gasteiger partial charge in [-0.1, -0.05) is 34.1 Å². The minimum Gasteiger partial charge on any atom is -0.451 e. The van der Waals surface area contributed by atoms with Crippen molar-refractivity contribution in [2.75, 3.05) is 0 Å². The summed E-state index contributed by atoms with van der Waals surface area (Å²) in [4.78, 5) is 11.8. The second-order valence-electron chi connectivity index (χ2n) is 5.75. The lowest BCUT2D eigenvalue weighted by molar-refractivity contribution is -0.148. The monoisotopic (exact) mass is 266 g/mol. The van der Waals surface area contributed by atoms with Crippen LogP contribution >= 0.6 is 0 Å². The molecule has 0 radical (unpaired) electrons. The lowest BCUT2D eigenvalue weighted by Crippen LogP contribution is -2.32. The Hall–Kier alpha value is -0.830. The van der Waals surface area contributed by atoms with Gasteiger partial charge in [-0.05, 0) is 37.7 Å². The fraction of sp³-hybridized carbons (Fsp3) is 0.812. The molecule has 0 aromatic carbocycles. The number of epoxide rings is 1. The van der Waals surface area contributed by atoms with E-state index in [1.807, 2.05) is 6.92 Å². The Kier molecular flexibility index (Phi) is 4.34. The molecule has 0 aromatic rings. The molecule has 0 saturated carbocycles. The predicted octanol–water partition coefficient (Wildman–Crippen LogP) is 3.62. The standard InChI is InChI=1S/C16H26O3/c1-5-11(14-13(7-3)18-14)9-16(8-4)10-12(6-2)15(17)19-16/h10-11,13-14H,5-9H2,1-4H3. The van der Waals surface area contributed by atoms with E-state index in [0.29, 0.717) is 18.1 Å². The molecule has 19 heavy (non-hydrogen) atoms. The molecule has 3 nitrogen and oxygen atoms in total. The van der Waals surface area contributed by atoms with Crippen molar-refractivity contribution in [3.8, 4) is 0 Å². The van der Waals surface area contributed by atoms with Crippen molar-refractivity contribution in [3.63, 3.8) is 0 Å². The summed E-state index contributed by atoms with van der Waals surface area (Å²) in [6, 6.07) is 0. The molecule has 4 atom stereocenters. The summed E-state index contributed by atoms with van der Waals surface area (Å²) in [6.45, 7) is 8.47. The topological polar surface area (TPSA) is 38.8 Å². The lowest BCUT2D eigenvalue weighted by atomic mass is 9.83. The third-order valence-electron chi connectivity index (χ3n) is 4.60. The van der Waals surface area contributed by atoms with Crippen LogP contribution in [0.25, 0.3) is 0 Å². The lowest BCUT2D eigenvalue weighted by Gasteiger charge is -2.28. The normalized spacial score (nSPS) is 34.9. The molecular weight excluding hydrogens is 240 g/mol. The van der Waals surface area contributed by atoms with Crippen LogP contribution in [0.15, 0.2) is 11.6 Å². The van der Waals surface area contributed by atoms with Crippen LogP contribution in [0.2, 0.25) is 0 Å². The molecule has 0 N–H and O–H groups in total. The fourth-order valence-corrected chi connectivity index (χ4v) is 3.16. The van der Waals surface area contributed by atoms with E-state index < -0.39 is 0 Å². The Balaban J connectivity index is 2.06. The van der Waals surface area contributed by atoms with E-state index in [-0.39, 0.29) is 11.6 Å². The van der Waals surface area contributed by atoms with Gasteiger partial charge in [-0.15, -0.1) is 0 Å². The molecule has 0 amide bonds. The highest BCUT2D eigenvalue weighted by Crippen LogP contribution is 2.42. The molecule has 2 heterocycles. The molecule has 0 bridgehead atoms. The van der Waals surface area contributed by atoms with Crippen LogP contribution in [-0.2, 0) is 14.3 Å². The minimum atomic E-state index is -0.382. The van der Waals surface area contributed by atoms with E-state index in [9.17, 15) is 4.79 Å². The zero-order valence-electron chi connectivity index (χ0n) is 12.6. The Labute approximate surface area is 116 Å². The molecule has 1 saturated heterocycles. The summed E-state index contributed by atoms with van der Waals surface area (Å²) in [5, 5.41) is 0. The number of cyclic esters (lactones) is 1. The third kappa shape index (κ3) is 2.86. The maximum absolute atomic E-state index is 11.8. The van der Waals surface area contributed by atoms with E-state index in [4.69, 9.17) is 9.47 Å². The summed E-state index contributed by atoms with van der Waals surface area (Å²) in [7, 11) is 0. The number of esters is 1. The van der Waals surface area contributed by atoms with Crippen molar-refractivity contribution in [3.05, 3.63) is 11.6 Å². The summed E-state index contributed by atoms with van der Waals surface area (Å²) >= 11 is 0. The zero-order valence-corrected chi connectivity index (χ0v) is 12.6. The molecule has 2 aliphatic rings. The Morgan fingerprint density at radius 3 is 2.47 bits per heavy atom. The first-order chi connectivity index (χ1) is 9.09. The van der Waals surface area contributed by atoms with Crippen molar-refractivity contribution in [1.82, 2.24) is 0 Å². The third-order valence-corrected chi connectivity index (χ3v) is 4.60. The van der Waals surface area contributed by atoms with Gasteiger partial charge in [0.2, 0.25) is 0 Å². The fourth-order valence-electron chi connectivity index (χ4n) is 3.16. The van der Waals surface area contributed by atoms with Crippen molar-refractivity contribution >= 4 is 5.97 Å². The van der Waals surface area contributed by atoms with Crippen LogP contribution < -0.4 is 0 Å². The van der Waals surface area contributed by atoms with Gasteiger partial charge < -0.3 is 9.47 Å². The molecular formula is C16H26O3. The SMILES string of the molecule is CCC1=CC(CC)(CC(CC)C2OC2CC)OC1=O. The van der Waals surface area contributed by atoms with Crippen molar-refractivity contribution in [2.24, 2.45) is 5.92 Å². The van der Waals surface area contributed by atoms with Crippen LogP contribution in [-0.4, -0.2) is 23.8 Å². The first kappa shape index (κ1) is 14.6. The predicted molar refractivity (Wildman–Crippen MR) is 74.8 cm³/mol. The largest absolute Gasteiger partial charge is 0.451 e. The molecule has 0 aromatic heterocycles. The summed E-state index contributed by atoms with van der Waals surface area (Å²) in [6.07, 6.45) is 7.53. The smallest absolute Gasteiger partial charge is 0.334 e. The van der Waals surface area contributed by atoms with Crippen LogP contribution in [0.5, 0.6) is 0 Å². The summed E-state index contributed by atoms with van der Waals surface area (Å²) < 4.78 is 11.4. The number of hydrogen-bond donors (Lipinski definition) is 0. The second kappa shape index (κ2) is 5.66. The molecule has 3 heteroatoms. The number of ether oxygens (including phenoxy) is 2. The van der Waals surface area contributed by atoms with Crippen molar-refractivity contribution < 1.29 is 14.3 Å². The van der Waals surface area contributed by atoms with Crippen molar-refractivity contribution in [1.29, 1.82) is 0 Å². The minimum absolute atomic E-state index is 0.122. The van der Waals surface area contributed by atoms with Gasteiger partial charge in [0.1, 0.15) is 5.60 Å². The summed E-state index contributed by atoms with van der Waals surface area (Å²) in [5.41, 5.74) is 0.452. The molecule has 0 aliphatic carbocycles. The molecule has 0 spiro atoms. The van der Waals surface area contributed by atoms with Gasteiger partial charge in [0.15, 0.2) is 0 Å². The first-order valence-electron chi connectivity index (χ1n) is 7.69. The zero-order chi connectivity index (χ0) is 14.0. The molecule has 108 valence electrons. The highest BCUT2D eigenvalue weighted by atomic mass is 16.6. The van der Waals surface area contributed by atoms with Gasteiger partial charge in [0, 0.05) is 5.57 Å². The molecule has 2 aliphatic heterocycles. The quantitative estimate of drug-likeness (QED) is 0.522. The maximum Gasteiger partial charge on any atom is 0.334 e. The van der Waals surface area contributed by atoms with E-state index >= 15 is 0 Å². The van der Waals surface area contributed by atoms with Gasteiger partial charge >= 0.3 is 5.97 Å². The number of rotatable bonds is 7. The average Bonchev–Trinajstić information content (AvgIpc) is 3.14. The Morgan fingerprint density at radius 1 is 1.32 bits per heavy atom. The van der Waals surface area contributed by atoms with Gasteiger partial charge in [-0.25, -0.2) is 4.79 Å². The number of carbonyl (C=O) groups is 1. The summed E-state index contributed by atoms with van der Waals surface area (Å²) in [5.74, 6) is 0.369. The van der Waals surface area contributed by atoms with Gasteiger partial charge in [-0.3, -0.25) is 0 Å². The highest BCUT2D eigenvalue weighted by Gasteiger charge is 2.47. The van der Waals surface area contributed by atoms with Crippen LogP contribution in [0.1, 0.15) is 59.8 Å². The molecule has 2 rings (SSSR count). The van der Waals surface area contributed by atoms with Crippen LogP contribution in [0.3, 0.4) is 0 Å². The Morgan fingerprint density at radius 2 is 2.05 bits per heavy atom. The van der Waals surface area contributed by atoms with Crippen LogP contribution in [0.4, 0.5) is 0 Å². The maximum atomic E-state index is 11.8. The van der Waals surface area contributed by atoms with Crippen molar-refractivity contribution in [2.45, 2.75) is 77.6 Å². The van der Waals surface area contributed by atoms with Gasteiger partial charge in [0.05, 0.1) is 12.2 Å². The van der Waals surface area contributed by atoms with Gasteiger partial charge in [0.25, 0.3) is 0 Å².